The molecule has 1 aliphatic heterocycles. The van der Waals surface area contributed by atoms with Gasteiger partial charge < -0.3 is 11.1 Å². The van der Waals surface area contributed by atoms with E-state index in [1.54, 1.807) is 6.20 Å². The Kier molecular flexibility index (Phi) is 4.06. The largest absolute Gasteiger partial charge is 0.397 e. The lowest BCUT2D eigenvalue weighted by atomic mass is 10.2. The number of aromatic nitrogens is 1. The second-order valence-electron chi connectivity index (χ2n) is 5.78. The van der Waals surface area contributed by atoms with Gasteiger partial charge in [0.15, 0.2) is 0 Å². The Hall–Kier alpha value is -2.07. The second-order valence-corrected chi connectivity index (χ2v) is 5.78. The van der Waals surface area contributed by atoms with Crippen LogP contribution in [0.4, 0.5) is 11.5 Å². The van der Waals surface area contributed by atoms with E-state index in [2.05, 4.69) is 45.5 Å². The van der Waals surface area contributed by atoms with Gasteiger partial charge in [-0.3, -0.25) is 4.90 Å². The van der Waals surface area contributed by atoms with Crippen LogP contribution in [0.5, 0.6) is 0 Å². The number of benzene rings is 1. The summed E-state index contributed by atoms with van der Waals surface area (Å²) in [5, 5.41) is 3.54. The third-order valence-electron chi connectivity index (χ3n) is 3.96. The lowest BCUT2D eigenvalue weighted by Gasteiger charge is -2.18. The third-order valence-corrected chi connectivity index (χ3v) is 3.96. The molecule has 110 valence electrons. The molecule has 0 amide bonds. The lowest BCUT2D eigenvalue weighted by Crippen LogP contribution is -2.26. The Bertz CT molecular complexity index is 597. The van der Waals surface area contributed by atoms with Crippen LogP contribution in [0.1, 0.15) is 17.5 Å². The Morgan fingerprint density at radius 3 is 2.90 bits per heavy atom. The standard InChI is InChI=1S/C17H22N4/c1-13-9-15(18)10-19-17(13)20-16-7-8-21(12-16)11-14-5-3-2-4-6-14/h2-6,9-10,16H,7-8,11-12,18H2,1H3,(H,19,20). The number of hydrogen-bond acceptors (Lipinski definition) is 4. The zero-order valence-corrected chi connectivity index (χ0v) is 12.4. The van der Waals surface area contributed by atoms with Crippen LogP contribution in [0.15, 0.2) is 42.6 Å². The number of anilines is 2. The van der Waals surface area contributed by atoms with Crippen LogP contribution in [-0.4, -0.2) is 29.0 Å². The summed E-state index contributed by atoms with van der Waals surface area (Å²) in [6.45, 7) is 5.25. The van der Waals surface area contributed by atoms with Crippen LogP contribution >= 0.6 is 0 Å². The average Bonchev–Trinajstić information content (AvgIpc) is 2.90. The second kappa shape index (κ2) is 6.14. The third kappa shape index (κ3) is 3.52. The predicted octanol–water partition coefficient (Wildman–Crippen LogP) is 2.66. The quantitative estimate of drug-likeness (QED) is 0.905. The van der Waals surface area contributed by atoms with Crippen LogP contribution in [0.25, 0.3) is 0 Å². The first kappa shape index (κ1) is 13.9. The Balaban J connectivity index is 1.57. The molecule has 4 heteroatoms. The molecular formula is C17H22N4. The number of nitrogens with zero attached hydrogens (tertiary/aromatic N) is 2. The van der Waals surface area contributed by atoms with Gasteiger partial charge >= 0.3 is 0 Å². The number of aryl methyl sites for hydroxylation is 1. The van der Waals surface area contributed by atoms with E-state index in [-0.39, 0.29) is 0 Å². The minimum atomic E-state index is 0.462. The zero-order valence-electron chi connectivity index (χ0n) is 12.4. The maximum atomic E-state index is 5.75. The summed E-state index contributed by atoms with van der Waals surface area (Å²) in [4.78, 5) is 6.88. The smallest absolute Gasteiger partial charge is 0.129 e. The highest BCUT2D eigenvalue weighted by atomic mass is 15.2. The molecule has 1 saturated heterocycles. The van der Waals surface area contributed by atoms with Gasteiger partial charge in [0.25, 0.3) is 0 Å². The van der Waals surface area contributed by atoms with E-state index in [1.165, 1.54) is 5.56 Å². The highest BCUT2D eigenvalue weighted by molar-refractivity contribution is 5.51. The van der Waals surface area contributed by atoms with E-state index < -0.39 is 0 Å². The number of nitrogens with two attached hydrogens (primary N) is 1. The molecule has 1 atom stereocenters. The number of pyridine rings is 1. The lowest BCUT2D eigenvalue weighted by molar-refractivity contribution is 0.328. The first-order valence-corrected chi connectivity index (χ1v) is 7.45. The van der Waals surface area contributed by atoms with E-state index in [0.717, 1.165) is 43.1 Å². The van der Waals surface area contributed by atoms with Crippen molar-refractivity contribution < 1.29 is 0 Å². The van der Waals surface area contributed by atoms with E-state index in [1.807, 2.05) is 13.0 Å². The molecule has 0 radical (unpaired) electrons. The predicted molar refractivity (Wildman–Crippen MR) is 87.1 cm³/mol. The molecule has 0 aliphatic carbocycles. The molecule has 2 heterocycles. The fraction of sp³-hybridized carbons (Fsp3) is 0.353. The molecule has 1 aliphatic rings. The minimum absolute atomic E-state index is 0.462. The molecular weight excluding hydrogens is 260 g/mol. The van der Waals surface area contributed by atoms with Gasteiger partial charge in [0, 0.05) is 25.7 Å². The van der Waals surface area contributed by atoms with Crippen molar-refractivity contribution in [1.29, 1.82) is 0 Å². The number of hydrogen-bond donors (Lipinski definition) is 2. The first-order valence-electron chi connectivity index (χ1n) is 7.45. The van der Waals surface area contributed by atoms with E-state index in [0.29, 0.717) is 6.04 Å². The highest BCUT2D eigenvalue weighted by Crippen LogP contribution is 2.20. The maximum absolute atomic E-state index is 5.75. The van der Waals surface area contributed by atoms with Crippen molar-refractivity contribution in [1.82, 2.24) is 9.88 Å². The van der Waals surface area contributed by atoms with Gasteiger partial charge in [0.2, 0.25) is 0 Å². The van der Waals surface area contributed by atoms with Gasteiger partial charge in [-0.15, -0.1) is 0 Å². The molecule has 1 fully saturated rings. The molecule has 3 rings (SSSR count). The van der Waals surface area contributed by atoms with Crippen molar-refractivity contribution in [3.63, 3.8) is 0 Å². The van der Waals surface area contributed by atoms with Crippen molar-refractivity contribution in [2.75, 3.05) is 24.1 Å². The number of rotatable bonds is 4. The summed E-state index contributed by atoms with van der Waals surface area (Å²) < 4.78 is 0. The van der Waals surface area contributed by atoms with E-state index >= 15 is 0 Å². The SMILES string of the molecule is Cc1cc(N)cnc1NC1CCN(Cc2ccccc2)C1. The molecule has 3 N–H and O–H groups in total. The molecule has 0 bridgehead atoms. The normalized spacial score (nSPS) is 18.8. The van der Waals surface area contributed by atoms with Crippen LogP contribution in [0.3, 0.4) is 0 Å². The van der Waals surface area contributed by atoms with Crippen molar-refractivity contribution in [2.24, 2.45) is 0 Å². The highest BCUT2D eigenvalue weighted by Gasteiger charge is 2.22. The van der Waals surface area contributed by atoms with Crippen molar-refractivity contribution >= 4 is 11.5 Å². The minimum Gasteiger partial charge on any atom is -0.397 e. The molecule has 1 aromatic carbocycles. The molecule has 0 spiro atoms. The van der Waals surface area contributed by atoms with Gasteiger partial charge in [0.1, 0.15) is 5.82 Å². The molecule has 1 unspecified atom stereocenters. The number of nitrogens with one attached hydrogen (secondary N) is 1. The summed E-state index contributed by atoms with van der Waals surface area (Å²) in [5.74, 6) is 0.954. The molecule has 2 aromatic rings. The number of nitrogen functional groups attached to an aromatic ring is 1. The van der Waals surface area contributed by atoms with Crippen molar-refractivity contribution in [3.05, 3.63) is 53.7 Å². The summed E-state index contributed by atoms with van der Waals surface area (Å²) in [5.41, 5.74) is 8.95. The Morgan fingerprint density at radius 1 is 1.33 bits per heavy atom. The van der Waals surface area contributed by atoms with Crippen LogP contribution in [-0.2, 0) is 6.54 Å². The van der Waals surface area contributed by atoms with Gasteiger partial charge in [0.05, 0.1) is 11.9 Å². The van der Waals surface area contributed by atoms with E-state index in [4.69, 9.17) is 5.73 Å². The summed E-state index contributed by atoms with van der Waals surface area (Å²) in [6.07, 6.45) is 2.87. The summed E-state index contributed by atoms with van der Waals surface area (Å²) in [6, 6.07) is 13.1. The van der Waals surface area contributed by atoms with Crippen molar-refractivity contribution in [2.45, 2.75) is 25.9 Å². The fourth-order valence-electron chi connectivity index (χ4n) is 2.88. The van der Waals surface area contributed by atoms with Gasteiger partial charge in [-0.25, -0.2) is 4.98 Å². The summed E-state index contributed by atoms with van der Waals surface area (Å²) >= 11 is 0. The monoisotopic (exact) mass is 282 g/mol. The number of likely N-dealkylation sites (tertiary alicyclic amines) is 1. The van der Waals surface area contributed by atoms with Crippen molar-refractivity contribution in [3.8, 4) is 0 Å². The molecule has 21 heavy (non-hydrogen) atoms. The van der Waals surface area contributed by atoms with E-state index in [9.17, 15) is 0 Å². The Labute approximate surface area is 126 Å². The van der Waals surface area contributed by atoms with Crippen LogP contribution in [0.2, 0.25) is 0 Å². The molecule has 0 saturated carbocycles. The fourth-order valence-corrected chi connectivity index (χ4v) is 2.88. The first-order chi connectivity index (χ1) is 10.2. The van der Waals surface area contributed by atoms with Crippen LogP contribution in [0, 0.1) is 6.92 Å². The topological polar surface area (TPSA) is 54.2 Å². The summed E-state index contributed by atoms with van der Waals surface area (Å²) in [7, 11) is 0. The van der Waals surface area contributed by atoms with Gasteiger partial charge in [-0.1, -0.05) is 30.3 Å². The van der Waals surface area contributed by atoms with Crippen LogP contribution < -0.4 is 11.1 Å². The molecule has 1 aromatic heterocycles. The zero-order chi connectivity index (χ0) is 14.7. The van der Waals surface area contributed by atoms with Gasteiger partial charge in [-0.2, -0.15) is 0 Å². The van der Waals surface area contributed by atoms with Gasteiger partial charge in [-0.05, 0) is 30.5 Å². The average molecular weight is 282 g/mol. The molecule has 4 nitrogen and oxygen atoms in total. The Morgan fingerprint density at radius 2 is 2.14 bits per heavy atom. The maximum Gasteiger partial charge on any atom is 0.129 e.